The van der Waals surface area contributed by atoms with E-state index >= 15 is 0 Å². The van der Waals surface area contributed by atoms with E-state index in [-0.39, 0.29) is 11.3 Å². The van der Waals surface area contributed by atoms with Gasteiger partial charge in [0.1, 0.15) is 0 Å². The Kier molecular flexibility index (Phi) is 6.86. The van der Waals surface area contributed by atoms with E-state index in [1.165, 1.54) is 16.9 Å². The van der Waals surface area contributed by atoms with Gasteiger partial charge in [-0.25, -0.2) is 4.98 Å². The van der Waals surface area contributed by atoms with Gasteiger partial charge >= 0.3 is 0 Å². The lowest BCUT2D eigenvalue weighted by molar-refractivity contribution is 0.0985. The van der Waals surface area contributed by atoms with Crippen molar-refractivity contribution < 1.29 is 14.3 Å². The summed E-state index contributed by atoms with van der Waals surface area (Å²) in [5, 5.41) is 0.664. The van der Waals surface area contributed by atoms with Crippen molar-refractivity contribution in [3.8, 4) is 11.5 Å². The van der Waals surface area contributed by atoms with Crippen LogP contribution in [0.1, 0.15) is 36.7 Å². The van der Waals surface area contributed by atoms with Crippen molar-refractivity contribution in [2.24, 2.45) is 0 Å². The number of amides is 1. The molecule has 0 fully saturated rings. The lowest BCUT2D eigenvalue weighted by Gasteiger charge is -2.23. The average molecular weight is 442 g/mol. The Labute approximate surface area is 188 Å². The smallest absolute Gasteiger partial charge is 0.260 e. The van der Waals surface area contributed by atoms with Crippen molar-refractivity contribution >= 4 is 32.6 Å². The summed E-state index contributed by atoms with van der Waals surface area (Å²) in [6, 6.07) is 11.6. The van der Waals surface area contributed by atoms with Crippen LogP contribution in [0.25, 0.3) is 10.2 Å². The van der Waals surface area contributed by atoms with Gasteiger partial charge in [0.15, 0.2) is 16.6 Å². The molecule has 0 aliphatic carbocycles. The van der Waals surface area contributed by atoms with Crippen molar-refractivity contribution in [2.75, 3.05) is 46.3 Å². The number of hydrogen-bond donors (Lipinski definition) is 0. The maximum absolute atomic E-state index is 13.5. The summed E-state index contributed by atoms with van der Waals surface area (Å²) in [5.41, 5.74) is 2.67. The molecule has 7 heteroatoms. The molecule has 1 aromatic heterocycles. The molecule has 0 spiro atoms. The predicted octanol–water partition coefficient (Wildman–Crippen LogP) is 4.82. The van der Waals surface area contributed by atoms with Gasteiger partial charge < -0.3 is 14.4 Å². The normalized spacial score (nSPS) is 11.7. The number of benzene rings is 2. The van der Waals surface area contributed by atoms with E-state index < -0.39 is 0 Å². The number of hydrogen-bond acceptors (Lipinski definition) is 6. The quantitative estimate of drug-likeness (QED) is 0.526. The second kappa shape index (κ2) is 9.24. The molecule has 1 amide bonds. The van der Waals surface area contributed by atoms with Gasteiger partial charge in [0.05, 0.1) is 24.4 Å². The van der Waals surface area contributed by atoms with E-state index in [1.807, 2.05) is 50.5 Å². The molecule has 1 heterocycles. The van der Waals surface area contributed by atoms with Crippen LogP contribution in [0.15, 0.2) is 36.4 Å². The third-order valence-corrected chi connectivity index (χ3v) is 6.17. The number of carbonyl (C=O) groups excluding carboxylic acids is 1. The summed E-state index contributed by atoms with van der Waals surface area (Å²) >= 11 is 1.48. The maximum Gasteiger partial charge on any atom is 0.260 e. The number of thiazole rings is 1. The fourth-order valence-electron chi connectivity index (χ4n) is 3.21. The van der Waals surface area contributed by atoms with Crippen LogP contribution in [0.5, 0.6) is 11.5 Å². The van der Waals surface area contributed by atoms with Crippen LogP contribution in [0.3, 0.4) is 0 Å². The van der Waals surface area contributed by atoms with Crippen molar-refractivity contribution in [3.05, 3.63) is 47.5 Å². The van der Waals surface area contributed by atoms with Gasteiger partial charge in [-0.3, -0.25) is 9.69 Å². The standard InChI is InChI=1S/C24H31N3O3S/c1-24(2,3)17-10-8-16(9-11-17)22(28)27(13-12-26(4)5)23-25-18-14-19(29-6)20(30-7)15-21(18)31-23/h8-11,14-15H,12-13H2,1-7H3. The number of ether oxygens (including phenoxy) is 2. The number of nitrogens with zero attached hydrogens (tertiary/aromatic N) is 3. The Hall–Kier alpha value is -2.64. The predicted molar refractivity (Wildman–Crippen MR) is 128 cm³/mol. The lowest BCUT2D eigenvalue weighted by Crippen LogP contribution is -2.36. The molecular weight excluding hydrogens is 410 g/mol. The molecule has 0 radical (unpaired) electrons. The van der Waals surface area contributed by atoms with Gasteiger partial charge in [-0.2, -0.15) is 0 Å². The van der Waals surface area contributed by atoms with Gasteiger partial charge in [-0.15, -0.1) is 0 Å². The number of anilines is 1. The molecule has 0 atom stereocenters. The van der Waals surface area contributed by atoms with E-state index in [1.54, 1.807) is 19.1 Å². The lowest BCUT2D eigenvalue weighted by atomic mass is 9.86. The summed E-state index contributed by atoms with van der Waals surface area (Å²) < 4.78 is 11.8. The summed E-state index contributed by atoms with van der Waals surface area (Å²) in [4.78, 5) is 22.0. The highest BCUT2D eigenvalue weighted by atomic mass is 32.1. The van der Waals surface area contributed by atoms with E-state index in [2.05, 4.69) is 25.7 Å². The van der Waals surface area contributed by atoms with E-state index in [0.717, 1.165) is 16.8 Å². The molecule has 0 aliphatic rings. The van der Waals surface area contributed by atoms with Crippen molar-refractivity contribution in [3.63, 3.8) is 0 Å². The Balaban J connectivity index is 1.99. The van der Waals surface area contributed by atoms with Crippen LogP contribution >= 0.6 is 11.3 Å². The molecule has 0 saturated carbocycles. The summed E-state index contributed by atoms with van der Waals surface area (Å²) in [5.74, 6) is 1.21. The molecule has 0 unspecified atom stereocenters. The molecule has 2 aromatic carbocycles. The third kappa shape index (κ3) is 5.17. The van der Waals surface area contributed by atoms with Gasteiger partial charge in [-0.05, 0) is 37.2 Å². The van der Waals surface area contributed by atoms with Crippen molar-refractivity contribution in [1.29, 1.82) is 0 Å². The minimum absolute atomic E-state index is 0.0390. The summed E-state index contributed by atoms with van der Waals surface area (Å²) in [6.45, 7) is 7.76. The fourth-order valence-corrected chi connectivity index (χ4v) is 4.21. The monoisotopic (exact) mass is 441 g/mol. The number of aromatic nitrogens is 1. The van der Waals surface area contributed by atoms with E-state index in [0.29, 0.717) is 28.7 Å². The first-order valence-corrected chi connectivity index (χ1v) is 11.1. The van der Waals surface area contributed by atoms with Crippen LogP contribution in [0.4, 0.5) is 5.13 Å². The molecular formula is C24H31N3O3S. The van der Waals surface area contributed by atoms with E-state index in [9.17, 15) is 4.79 Å². The summed E-state index contributed by atoms with van der Waals surface area (Å²) in [7, 11) is 7.20. The van der Waals surface area contributed by atoms with Crippen LogP contribution in [0, 0.1) is 0 Å². The first-order valence-electron chi connectivity index (χ1n) is 10.2. The topological polar surface area (TPSA) is 54.9 Å². The minimum atomic E-state index is -0.0553. The van der Waals surface area contributed by atoms with Crippen molar-refractivity contribution in [2.45, 2.75) is 26.2 Å². The zero-order valence-corrected chi connectivity index (χ0v) is 20.2. The van der Waals surface area contributed by atoms with Gasteiger partial charge in [-0.1, -0.05) is 44.2 Å². The molecule has 3 rings (SSSR count). The second-order valence-electron chi connectivity index (χ2n) is 8.76. The van der Waals surface area contributed by atoms with Gasteiger partial charge in [0, 0.05) is 30.8 Å². The number of likely N-dealkylation sites (N-methyl/N-ethyl adjacent to an activating group) is 1. The van der Waals surface area contributed by atoms with Gasteiger partial charge in [0.2, 0.25) is 0 Å². The molecule has 6 nitrogen and oxygen atoms in total. The Morgan fingerprint density at radius 1 is 1.00 bits per heavy atom. The molecule has 3 aromatic rings. The molecule has 0 aliphatic heterocycles. The van der Waals surface area contributed by atoms with E-state index in [4.69, 9.17) is 14.5 Å². The van der Waals surface area contributed by atoms with Crippen molar-refractivity contribution in [1.82, 2.24) is 9.88 Å². The Morgan fingerprint density at radius 2 is 1.61 bits per heavy atom. The highest BCUT2D eigenvalue weighted by Crippen LogP contribution is 2.37. The largest absolute Gasteiger partial charge is 0.493 e. The molecule has 0 bridgehead atoms. The highest BCUT2D eigenvalue weighted by molar-refractivity contribution is 7.22. The van der Waals surface area contributed by atoms with Crippen LogP contribution in [0.2, 0.25) is 0 Å². The van der Waals surface area contributed by atoms with Crippen LogP contribution in [-0.2, 0) is 5.41 Å². The third-order valence-electron chi connectivity index (χ3n) is 5.13. The molecule has 0 N–H and O–H groups in total. The number of fused-ring (bicyclic) bond motifs is 1. The maximum atomic E-state index is 13.5. The zero-order chi connectivity index (χ0) is 22.8. The Morgan fingerprint density at radius 3 is 2.16 bits per heavy atom. The summed E-state index contributed by atoms with van der Waals surface area (Å²) in [6.07, 6.45) is 0. The zero-order valence-electron chi connectivity index (χ0n) is 19.4. The Bertz CT molecular complexity index is 1010. The SMILES string of the molecule is COc1cc2nc(N(CCN(C)C)C(=O)c3ccc(C(C)(C)C)cc3)sc2cc1OC. The number of rotatable bonds is 7. The molecule has 0 saturated heterocycles. The number of methoxy groups -OCH3 is 2. The average Bonchev–Trinajstić information content (AvgIpc) is 3.14. The minimum Gasteiger partial charge on any atom is -0.493 e. The molecule has 31 heavy (non-hydrogen) atoms. The first kappa shape index (κ1) is 23.0. The molecule has 166 valence electrons. The van der Waals surface area contributed by atoms with Crippen LogP contribution in [-0.4, -0.2) is 57.2 Å². The number of carbonyl (C=O) groups is 1. The highest BCUT2D eigenvalue weighted by Gasteiger charge is 2.23. The van der Waals surface area contributed by atoms with Gasteiger partial charge in [0.25, 0.3) is 5.91 Å². The van der Waals surface area contributed by atoms with Crippen LogP contribution < -0.4 is 14.4 Å². The fraction of sp³-hybridized carbons (Fsp3) is 0.417. The first-order chi connectivity index (χ1) is 14.6. The second-order valence-corrected chi connectivity index (χ2v) is 9.77.